The molecule has 0 saturated carbocycles. The topological polar surface area (TPSA) is 70.9 Å². The number of fused-ring (bicyclic) bond motifs is 1. The van der Waals surface area contributed by atoms with Crippen molar-refractivity contribution in [2.75, 3.05) is 0 Å². The summed E-state index contributed by atoms with van der Waals surface area (Å²) in [7, 11) is 1.73. The lowest BCUT2D eigenvalue weighted by molar-refractivity contribution is 0.121. The van der Waals surface area contributed by atoms with Crippen LogP contribution in [0.4, 0.5) is 0 Å². The first-order valence-electron chi connectivity index (χ1n) is 10.7. The molecule has 1 unspecified atom stereocenters. The van der Waals surface area contributed by atoms with Gasteiger partial charge in [-0.05, 0) is 65.6 Å². The van der Waals surface area contributed by atoms with E-state index >= 15 is 0 Å². The number of nitrogens with one attached hydrogen (secondary N) is 1. The third-order valence-electron chi connectivity index (χ3n) is 6.15. The Bertz CT molecular complexity index is 1590. The molecule has 0 aliphatic carbocycles. The van der Waals surface area contributed by atoms with Crippen LogP contribution in [0.5, 0.6) is 0 Å². The van der Waals surface area contributed by atoms with E-state index in [2.05, 4.69) is 9.97 Å². The molecule has 0 amide bonds. The molecule has 5 nitrogen and oxygen atoms in total. The predicted molar refractivity (Wildman–Crippen MR) is 137 cm³/mol. The summed E-state index contributed by atoms with van der Waals surface area (Å²) in [6.45, 7) is 1.83. The zero-order chi connectivity index (χ0) is 24.0. The van der Waals surface area contributed by atoms with Crippen molar-refractivity contribution in [2.24, 2.45) is 7.05 Å². The smallest absolute Gasteiger partial charge is 0.251 e. The molecule has 34 heavy (non-hydrogen) atoms. The summed E-state index contributed by atoms with van der Waals surface area (Å²) < 4.78 is 1.59. The van der Waals surface area contributed by atoms with Crippen LogP contribution < -0.4 is 5.56 Å². The first-order chi connectivity index (χ1) is 16.3. The molecular weight excluding hydrogens is 469 g/mol. The third kappa shape index (κ3) is 3.72. The van der Waals surface area contributed by atoms with E-state index in [0.29, 0.717) is 32.7 Å². The summed E-state index contributed by atoms with van der Waals surface area (Å²) >= 11 is 12.4. The minimum Gasteiger partial charge on any atom is -0.374 e. The van der Waals surface area contributed by atoms with Gasteiger partial charge in [-0.1, -0.05) is 53.5 Å². The zero-order valence-electron chi connectivity index (χ0n) is 18.5. The number of H-pyrrole nitrogens is 1. The largest absolute Gasteiger partial charge is 0.374 e. The third-order valence-corrected chi connectivity index (χ3v) is 6.64. The van der Waals surface area contributed by atoms with E-state index in [4.69, 9.17) is 23.2 Å². The number of imidazole rings is 1. The molecule has 2 heterocycles. The molecule has 0 bridgehead atoms. The second-order valence-electron chi connectivity index (χ2n) is 8.30. The summed E-state index contributed by atoms with van der Waals surface area (Å²) in [6.07, 6.45) is 1.63. The molecule has 3 aromatic carbocycles. The summed E-state index contributed by atoms with van der Waals surface area (Å²) in [5.41, 5.74) is 2.42. The SMILES string of the molecule is Cc1ncc(C(O)(c2ccc(Cl)cc2)c2ccc3c(c2)c(-c2cccc(Cl)c2)cc(=O)n3C)[nH]1. The Morgan fingerprint density at radius 3 is 2.35 bits per heavy atom. The first kappa shape index (κ1) is 22.4. The second kappa shape index (κ2) is 8.44. The number of pyridine rings is 1. The van der Waals surface area contributed by atoms with E-state index < -0.39 is 5.60 Å². The number of hydrogen-bond acceptors (Lipinski definition) is 3. The molecule has 0 radical (unpaired) electrons. The van der Waals surface area contributed by atoms with Gasteiger partial charge in [-0.15, -0.1) is 0 Å². The average molecular weight is 490 g/mol. The average Bonchev–Trinajstić information content (AvgIpc) is 3.28. The lowest BCUT2D eigenvalue weighted by Gasteiger charge is -2.29. The molecule has 0 aliphatic heterocycles. The number of rotatable bonds is 4. The number of aliphatic hydroxyl groups is 1. The standard InChI is InChI=1S/C27H21Cl2N3O2/c1-16-30-15-25(31-16)27(34,18-6-9-20(28)10-7-18)19-8-11-24-23(13-19)22(14-26(33)32(24)2)17-4-3-5-21(29)12-17/h3-15,34H,1-2H3,(H,30,31). The lowest BCUT2D eigenvalue weighted by Crippen LogP contribution is -2.29. The van der Waals surface area contributed by atoms with Gasteiger partial charge in [0.25, 0.3) is 5.56 Å². The quantitative estimate of drug-likeness (QED) is 0.333. The van der Waals surface area contributed by atoms with Gasteiger partial charge in [0, 0.05) is 28.5 Å². The van der Waals surface area contributed by atoms with Crippen molar-refractivity contribution in [3.05, 3.63) is 122 Å². The van der Waals surface area contributed by atoms with E-state index in [1.165, 1.54) is 0 Å². The molecule has 2 aromatic heterocycles. The fourth-order valence-electron chi connectivity index (χ4n) is 4.35. The van der Waals surface area contributed by atoms with E-state index in [-0.39, 0.29) is 5.56 Å². The Balaban J connectivity index is 1.83. The summed E-state index contributed by atoms with van der Waals surface area (Å²) in [5.74, 6) is 0.685. The van der Waals surface area contributed by atoms with Crippen LogP contribution in [0.1, 0.15) is 22.6 Å². The normalized spacial score (nSPS) is 13.2. The van der Waals surface area contributed by atoms with Gasteiger partial charge in [-0.3, -0.25) is 4.79 Å². The molecule has 1 atom stereocenters. The highest BCUT2D eigenvalue weighted by Crippen LogP contribution is 2.39. The Hall–Kier alpha value is -3.38. The van der Waals surface area contributed by atoms with Gasteiger partial charge in [-0.25, -0.2) is 4.98 Å². The van der Waals surface area contributed by atoms with Crippen LogP contribution in [0.15, 0.2) is 83.8 Å². The van der Waals surface area contributed by atoms with Crippen LogP contribution in [0.2, 0.25) is 10.0 Å². The van der Waals surface area contributed by atoms with Gasteiger partial charge in [0.05, 0.1) is 17.4 Å². The number of nitrogens with zero attached hydrogens (tertiary/aromatic N) is 2. The number of aryl methyl sites for hydroxylation is 2. The van der Waals surface area contributed by atoms with Crippen LogP contribution in [0.3, 0.4) is 0 Å². The minimum atomic E-state index is -1.53. The molecule has 0 fully saturated rings. The number of aromatic amines is 1. The number of aromatic nitrogens is 3. The molecule has 5 aromatic rings. The van der Waals surface area contributed by atoms with E-state index in [0.717, 1.165) is 22.0 Å². The Morgan fingerprint density at radius 1 is 0.941 bits per heavy atom. The second-order valence-corrected chi connectivity index (χ2v) is 9.17. The molecule has 5 rings (SSSR count). The van der Waals surface area contributed by atoms with Gasteiger partial charge < -0.3 is 14.7 Å². The van der Waals surface area contributed by atoms with E-state index in [9.17, 15) is 9.90 Å². The van der Waals surface area contributed by atoms with Crippen molar-refractivity contribution in [2.45, 2.75) is 12.5 Å². The summed E-state index contributed by atoms with van der Waals surface area (Å²) in [6, 6.07) is 21.6. The van der Waals surface area contributed by atoms with Crippen LogP contribution in [0.25, 0.3) is 22.0 Å². The molecule has 0 saturated heterocycles. The molecule has 2 N–H and O–H groups in total. The Morgan fingerprint density at radius 2 is 1.68 bits per heavy atom. The monoisotopic (exact) mass is 489 g/mol. The maximum Gasteiger partial charge on any atom is 0.251 e. The van der Waals surface area contributed by atoms with Gasteiger partial charge in [0.1, 0.15) is 5.82 Å². The molecular formula is C27H21Cl2N3O2. The molecule has 170 valence electrons. The number of benzene rings is 3. The first-order valence-corrected chi connectivity index (χ1v) is 11.4. The van der Waals surface area contributed by atoms with E-state index in [1.54, 1.807) is 54.2 Å². The molecule has 7 heteroatoms. The van der Waals surface area contributed by atoms with Crippen molar-refractivity contribution < 1.29 is 5.11 Å². The Kier molecular flexibility index (Phi) is 5.56. The van der Waals surface area contributed by atoms with Crippen molar-refractivity contribution in [3.8, 4) is 11.1 Å². The number of hydrogen-bond donors (Lipinski definition) is 2. The van der Waals surface area contributed by atoms with Gasteiger partial charge >= 0.3 is 0 Å². The van der Waals surface area contributed by atoms with Crippen molar-refractivity contribution in [1.82, 2.24) is 14.5 Å². The van der Waals surface area contributed by atoms with Gasteiger partial charge in [-0.2, -0.15) is 0 Å². The van der Waals surface area contributed by atoms with E-state index in [1.807, 2.05) is 43.3 Å². The van der Waals surface area contributed by atoms with Crippen LogP contribution in [-0.4, -0.2) is 19.6 Å². The molecule has 0 aliphatic rings. The van der Waals surface area contributed by atoms with Crippen LogP contribution in [-0.2, 0) is 12.6 Å². The van der Waals surface area contributed by atoms with Gasteiger partial charge in [0.2, 0.25) is 0 Å². The maximum atomic E-state index is 12.7. The highest BCUT2D eigenvalue weighted by Gasteiger charge is 2.36. The van der Waals surface area contributed by atoms with Crippen LogP contribution >= 0.6 is 23.2 Å². The summed E-state index contributed by atoms with van der Waals surface area (Å²) in [5, 5.41) is 14.2. The highest BCUT2D eigenvalue weighted by atomic mass is 35.5. The fourth-order valence-corrected chi connectivity index (χ4v) is 4.67. The zero-order valence-corrected chi connectivity index (χ0v) is 20.0. The summed E-state index contributed by atoms with van der Waals surface area (Å²) in [4.78, 5) is 20.2. The van der Waals surface area contributed by atoms with Crippen molar-refractivity contribution >= 4 is 34.1 Å². The van der Waals surface area contributed by atoms with Crippen LogP contribution in [0, 0.1) is 6.92 Å². The Labute approximate surface area is 206 Å². The van der Waals surface area contributed by atoms with Crippen molar-refractivity contribution in [3.63, 3.8) is 0 Å². The predicted octanol–water partition coefficient (Wildman–Crippen LogP) is 5.83. The lowest BCUT2D eigenvalue weighted by atomic mass is 9.82. The number of halogens is 2. The maximum absolute atomic E-state index is 12.7. The fraction of sp³-hybridized carbons (Fsp3) is 0.111. The molecule has 0 spiro atoms. The van der Waals surface area contributed by atoms with Gasteiger partial charge in [0.15, 0.2) is 5.60 Å². The van der Waals surface area contributed by atoms with Crippen molar-refractivity contribution in [1.29, 1.82) is 0 Å². The minimum absolute atomic E-state index is 0.132. The highest BCUT2D eigenvalue weighted by molar-refractivity contribution is 6.31.